The summed E-state index contributed by atoms with van der Waals surface area (Å²) in [4.78, 5) is 24.5. The van der Waals surface area contributed by atoms with E-state index >= 15 is 0 Å². The first kappa shape index (κ1) is 15.7. The van der Waals surface area contributed by atoms with Gasteiger partial charge in [-0.2, -0.15) is 0 Å². The third-order valence-electron chi connectivity index (χ3n) is 2.31. The number of halogens is 2. The van der Waals surface area contributed by atoms with Crippen molar-refractivity contribution < 1.29 is 28.0 Å². The van der Waals surface area contributed by atoms with Crippen LogP contribution in [-0.2, 0) is 16.0 Å². The Hall–Kier alpha value is -2.32. The van der Waals surface area contributed by atoms with Gasteiger partial charge in [-0.05, 0) is 22.9 Å². The first-order valence-electron chi connectivity index (χ1n) is 5.56. The molecule has 110 valence electrons. The van der Waals surface area contributed by atoms with E-state index in [1.807, 2.05) is 0 Å². The smallest absolute Gasteiger partial charge is 0.368 e. The summed E-state index contributed by atoms with van der Waals surface area (Å²) in [5.74, 6) is -1.84. The molecule has 0 unspecified atom stereocenters. The summed E-state index contributed by atoms with van der Waals surface area (Å²) in [6, 6.07) is 1.00. The van der Waals surface area contributed by atoms with Gasteiger partial charge in [0.05, 0.1) is 25.7 Å². The van der Waals surface area contributed by atoms with Gasteiger partial charge in [0.1, 0.15) is 0 Å². The second kappa shape index (κ2) is 6.73. The van der Waals surface area contributed by atoms with Crippen LogP contribution in [0.5, 0.6) is 5.75 Å². The minimum Gasteiger partial charge on any atom is -0.492 e. The lowest BCUT2D eigenvalue weighted by Gasteiger charge is -2.08. The normalized spacial score (nSPS) is 10.4. The maximum absolute atomic E-state index is 12.7. The van der Waals surface area contributed by atoms with Crippen LogP contribution in [0.15, 0.2) is 6.07 Å². The van der Waals surface area contributed by atoms with Crippen molar-refractivity contribution in [3.63, 3.8) is 0 Å². The van der Waals surface area contributed by atoms with Gasteiger partial charge in [-0.25, -0.2) is 8.78 Å². The monoisotopic (exact) mass is 290 g/mol. The molecular weight excluding hydrogens is 278 g/mol. The van der Waals surface area contributed by atoms with Gasteiger partial charge in [0.2, 0.25) is 0 Å². The lowest BCUT2D eigenvalue weighted by atomic mass is 10.1. The van der Waals surface area contributed by atoms with Crippen molar-refractivity contribution in [3.05, 3.63) is 27.4 Å². The Morgan fingerprint density at radius 1 is 1.55 bits per heavy atom. The highest BCUT2D eigenvalue weighted by molar-refractivity contribution is 5.74. The molecule has 1 aromatic heterocycles. The summed E-state index contributed by atoms with van der Waals surface area (Å²) in [5.41, 5.74) is -0.985. The van der Waals surface area contributed by atoms with Crippen LogP contribution in [0.1, 0.15) is 24.6 Å². The summed E-state index contributed by atoms with van der Waals surface area (Å²) in [6.45, 7) is 1.68. The number of hydrogen-bond donors (Lipinski definition) is 0. The molecule has 0 atom stereocenters. The molecule has 0 aliphatic carbocycles. The van der Waals surface area contributed by atoms with Gasteiger partial charge in [-0.3, -0.25) is 4.79 Å². The van der Waals surface area contributed by atoms with Crippen molar-refractivity contribution in [2.45, 2.75) is 19.8 Å². The van der Waals surface area contributed by atoms with Crippen LogP contribution in [0.25, 0.3) is 0 Å². The molecule has 0 saturated carbocycles. The molecule has 1 heterocycles. The number of methoxy groups -OCH3 is 1. The van der Waals surface area contributed by atoms with E-state index in [9.17, 15) is 23.7 Å². The average molecular weight is 290 g/mol. The predicted molar refractivity (Wildman–Crippen MR) is 62.7 cm³/mol. The van der Waals surface area contributed by atoms with Crippen LogP contribution in [0.2, 0.25) is 0 Å². The second-order valence-electron chi connectivity index (χ2n) is 3.60. The van der Waals surface area contributed by atoms with Crippen molar-refractivity contribution in [3.8, 4) is 5.75 Å². The van der Waals surface area contributed by atoms with Gasteiger partial charge in [0.25, 0.3) is 5.69 Å². The van der Waals surface area contributed by atoms with Gasteiger partial charge in [-0.15, -0.1) is 0 Å². The van der Waals surface area contributed by atoms with E-state index < -0.39 is 35.3 Å². The number of alkyl halides is 2. The van der Waals surface area contributed by atoms with Crippen molar-refractivity contribution in [2.24, 2.45) is 0 Å². The predicted octanol–water partition coefficient (Wildman–Crippen LogP) is 2.04. The highest BCUT2D eigenvalue weighted by Gasteiger charge is 2.29. The molecule has 0 saturated heterocycles. The van der Waals surface area contributed by atoms with E-state index in [0.29, 0.717) is 0 Å². The molecule has 0 fully saturated rings. The lowest BCUT2D eigenvalue weighted by molar-refractivity contribution is -0.390. The number of ether oxygens (including phenoxy) is 2. The van der Waals surface area contributed by atoms with Crippen LogP contribution in [0.4, 0.5) is 14.6 Å². The molecule has 1 aromatic rings. The molecule has 0 spiro atoms. The lowest BCUT2D eigenvalue weighted by Crippen LogP contribution is -2.11. The highest BCUT2D eigenvalue weighted by Crippen LogP contribution is 2.32. The van der Waals surface area contributed by atoms with Crippen molar-refractivity contribution in [1.82, 2.24) is 4.98 Å². The number of nitro groups is 1. The fraction of sp³-hybridized carbons (Fsp3) is 0.455. The Morgan fingerprint density at radius 3 is 2.65 bits per heavy atom. The van der Waals surface area contributed by atoms with E-state index in [1.54, 1.807) is 6.92 Å². The Labute approximate surface area is 112 Å². The van der Waals surface area contributed by atoms with Gasteiger partial charge < -0.3 is 19.6 Å². The van der Waals surface area contributed by atoms with Crippen molar-refractivity contribution in [1.29, 1.82) is 0 Å². The summed E-state index contributed by atoms with van der Waals surface area (Å²) in [6.07, 6.45) is -3.47. The Bertz CT molecular complexity index is 522. The zero-order chi connectivity index (χ0) is 15.3. The number of esters is 1. The van der Waals surface area contributed by atoms with E-state index in [-0.39, 0.29) is 17.9 Å². The quantitative estimate of drug-likeness (QED) is 0.452. The average Bonchev–Trinajstić information content (AvgIpc) is 2.37. The van der Waals surface area contributed by atoms with Crippen LogP contribution < -0.4 is 4.74 Å². The summed E-state index contributed by atoms with van der Waals surface area (Å²) >= 11 is 0. The molecule has 0 aromatic carbocycles. The number of rotatable bonds is 6. The topological polar surface area (TPSA) is 91.6 Å². The zero-order valence-electron chi connectivity index (χ0n) is 10.8. The molecule has 20 heavy (non-hydrogen) atoms. The minimum absolute atomic E-state index is 0.103. The van der Waals surface area contributed by atoms with E-state index in [0.717, 1.165) is 13.2 Å². The van der Waals surface area contributed by atoms with Gasteiger partial charge in [0, 0.05) is 0 Å². The second-order valence-corrected chi connectivity index (χ2v) is 3.60. The molecular formula is C11H12F2N2O5. The first-order chi connectivity index (χ1) is 9.40. The number of hydrogen-bond acceptors (Lipinski definition) is 6. The van der Waals surface area contributed by atoms with E-state index in [2.05, 4.69) is 9.72 Å². The fourth-order valence-electron chi connectivity index (χ4n) is 1.51. The summed E-state index contributed by atoms with van der Waals surface area (Å²) in [5, 5.41) is 10.8. The van der Waals surface area contributed by atoms with Crippen LogP contribution in [0, 0.1) is 10.1 Å². The molecule has 0 amide bonds. The van der Waals surface area contributed by atoms with Crippen molar-refractivity contribution in [2.75, 3.05) is 13.7 Å². The van der Waals surface area contributed by atoms with Crippen molar-refractivity contribution >= 4 is 11.8 Å². The van der Waals surface area contributed by atoms with E-state index in [4.69, 9.17) is 4.74 Å². The van der Waals surface area contributed by atoms with Gasteiger partial charge in [0.15, 0.2) is 5.75 Å². The first-order valence-corrected chi connectivity index (χ1v) is 5.56. The van der Waals surface area contributed by atoms with Crippen LogP contribution >= 0.6 is 0 Å². The highest BCUT2D eigenvalue weighted by atomic mass is 19.3. The minimum atomic E-state index is -3.03. The molecule has 7 nitrogen and oxygen atoms in total. The molecule has 0 N–H and O–H groups in total. The molecule has 0 aliphatic rings. The summed E-state index contributed by atoms with van der Waals surface area (Å²) < 4.78 is 34.8. The fourth-order valence-corrected chi connectivity index (χ4v) is 1.51. The number of nitrogens with zero attached hydrogens (tertiary/aromatic N) is 2. The third-order valence-corrected chi connectivity index (χ3v) is 2.31. The van der Waals surface area contributed by atoms with Crippen LogP contribution in [0.3, 0.4) is 0 Å². The Morgan fingerprint density at radius 2 is 2.20 bits per heavy atom. The summed E-state index contributed by atoms with van der Waals surface area (Å²) in [7, 11) is 1.13. The third kappa shape index (κ3) is 3.59. The number of aromatic nitrogens is 1. The standard InChI is InChI=1S/C11H12F2N2O5/c1-3-20-8(16)5-6-4-7(19-2)9(10(12)13)14-11(6)15(17)18/h4,10H,3,5H2,1-2H3. The number of carbonyl (C=O) groups is 1. The molecule has 0 bridgehead atoms. The van der Waals surface area contributed by atoms with Gasteiger partial charge >= 0.3 is 18.2 Å². The largest absolute Gasteiger partial charge is 0.492 e. The van der Waals surface area contributed by atoms with Crippen LogP contribution in [-0.4, -0.2) is 29.6 Å². The Kier molecular flexibility index (Phi) is 5.30. The number of pyridine rings is 1. The van der Waals surface area contributed by atoms with E-state index in [1.165, 1.54) is 0 Å². The Balaban J connectivity index is 3.27. The molecule has 0 aliphatic heterocycles. The molecule has 0 radical (unpaired) electrons. The van der Waals surface area contributed by atoms with Gasteiger partial charge in [-0.1, -0.05) is 0 Å². The molecule has 9 heteroatoms. The molecule has 1 rings (SSSR count). The SMILES string of the molecule is CCOC(=O)Cc1cc(OC)c(C(F)F)nc1[N+](=O)[O-]. The number of carbonyl (C=O) groups excluding carboxylic acids is 1. The zero-order valence-corrected chi connectivity index (χ0v) is 10.8. The maximum atomic E-state index is 12.7. The maximum Gasteiger partial charge on any atom is 0.368 e.